The third kappa shape index (κ3) is 5.01. The van der Waals surface area contributed by atoms with E-state index in [9.17, 15) is 18.0 Å². The highest BCUT2D eigenvalue weighted by Gasteiger charge is 2.31. The van der Waals surface area contributed by atoms with Gasteiger partial charge in [-0.25, -0.2) is 0 Å². The van der Waals surface area contributed by atoms with Gasteiger partial charge < -0.3 is 9.73 Å². The predicted molar refractivity (Wildman–Crippen MR) is 95.5 cm³/mol. The molecule has 0 spiro atoms. The number of carbonyl (C=O) groups is 1. The Bertz CT molecular complexity index is 948. The Balaban J connectivity index is 1.62. The summed E-state index contributed by atoms with van der Waals surface area (Å²) in [6, 6.07) is 11.8. The summed E-state index contributed by atoms with van der Waals surface area (Å²) >= 11 is 6.81. The van der Waals surface area contributed by atoms with E-state index in [4.69, 9.17) is 16.0 Å². The van der Waals surface area contributed by atoms with Gasteiger partial charge in [0, 0.05) is 5.56 Å². The molecule has 0 aliphatic carbocycles. The number of benzene rings is 2. The first kappa shape index (κ1) is 19.2. The molecule has 3 rings (SSSR count). The summed E-state index contributed by atoms with van der Waals surface area (Å²) in [5.74, 6) is -0.386. The van der Waals surface area contributed by atoms with Crippen LogP contribution in [0, 0.1) is 0 Å². The maximum absolute atomic E-state index is 12.8. The quantitative estimate of drug-likeness (QED) is 0.586. The van der Waals surface area contributed by atoms with Gasteiger partial charge in [0.1, 0.15) is 0 Å². The molecule has 27 heavy (non-hydrogen) atoms. The molecule has 140 valence electrons. The monoisotopic (exact) mass is 413 g/mol. The third-order valence-electron chi connectivity index (χ3n) is 3.32. The van der Waals surface area contributed by atoms with E-state index >= 15 is 0 Å². The van der Waals surface area contributed by atoms with Gasteiger partial charge in [0.05, 0.1) is 22.0 Å². The van der Waals surface area contributed by atoms with E-state index in [1.807, 2.05) is 18.2 Å². The summed E-state index contributed by atoms with van der Waals surface area (Å²) in [7, 11) is 0. The normalized spacial score (nSPS) is 11.4. The van der Waals surface area contributed by atoms with Crippen molar-refractivity contribution in [1.82, 2.24) is 10.2 Å². The smallest absolute Gasteiger partial charge is 0.411 e. The van der Waals surface area contributed by atoms with E-state index in [-0.39, 0.29) is 21.7 Å². The molecule has 10 heteroatoms. The van der Waals surface area contributed by atoms with Gasteiger partial charge in [-0.2, -0.15) is 13.2 Å². The number of aromatic nitrogens is 2. The molecule has 0 aliphatic heterocycles. The van der Waals surface area contributed by atoms with E-state index in [0.29, 0.717) is 5.89 Å². The van der Waals surface area contributed by atoms with Crippen LogP contribution in [0.3, 0.4) is 0 Å². The number of nitrogens with one attached hydrogen (secondary N) is 1. The topological polar surface area (TPSA) is 68.0 Å². The van der Waals surface area contributed by atoms with Gasteiger partial charge >= 0.3 is 6.18 Å². The molecule has 5 nitrogen and oxygen atoms in total. The molecule has 0 atom stereocenters. The van der Waals surface area contributed by atoms with E-state index in [1.165, 1.54) is 0 Å². The van der Waals surface area contributed by atoms with E-state index < -0.39 is 17.6 Å². The second-order valence-electron chi connectivity index (χ2n) is 5.27. The number of rotatable bonds is 5. The first-order valence-corrected chi connectivity index (χ1v) is 8.87. The summed E-state index contributed by atoms with van der Waals surface area (Å²) in [6.07, 6.45) is -4.53. The highest BCUT2D eigenvalue weighted by molar-refractivity contribution is 7.99. The second kappa shape index (κ2) is 8.01. The Morgan fingerprint density at radius 3 is 2.59 bits per heavy atom. The molecule has 0 fully saturated rings. The number of carbonyl (C=O) groups excluding carboxylic acids is 1. The Morgan fingerprint density at radius 1 is 1.15 bits per heavy atom. The highest BCUT2D eigenvalue weighted by Crippen LogP contribution is 2.34. The van der Waals surface area contributed by atoms with Gasteiger partial charge in [-0.05, 0) is 30.3 Å². The van der Waals surface area contributed by atoms with E-state index in [2.05, 4.69) is 15.5 Å². The number of thioether (sulfide) groups is 1. The zero-order valence-corrected chi connectivity index (χ0v) is 15.0. The number of hydrogen-bond donors (Lipinski definition) is 1. The summed E-state index contributed by atoms with van der Waals surface area (Å²) in [5.41, 5.74) is -0.288. The van der Waals surface area contributed by atoms with Crippen LogP contribution in [0.15, 0.2) is 58.2 Å². The van der Waals surface area contributed by atoms with Crippen molar-refractivity contribution in [3.63, 3.8) is 0 Å². The van der Waals surface area contributed by atoms with Crippen molar-refractivity contribution in [3.05, 3.63) is 59.1 Å². The minimum Gasteiger partial charge on any atom is -0.411 e. The SMILES string of the molecule is O=C(CSc1nnc(-c2ccccc2)o1)Nc1cc(C(F)(F)F)ccc1Cl. The molecule has 1 heterocycles. The Kier molecular flexibility index (Phi) is 5.71. The molecule has 0 bridgehead atoms. The molecule has 0 saturated heterocycles. The Hall–Kier alpha value is -2.52. The third-order valence-corrected chi connectivity index (χ3v) is 4.47. The van der Waals surface area contributed by atoms with Crippen LogP contribution in [0.2, 0.25) is 5.02 Å². The fourth-order valence-corrected chi connectivity index (χ4v) is 2.80. The zero-order valence-electron chi connectivity index (χ0n) is 13.5. The number of alkyl halides is 3. The van der Waals surface area contributed by atoms with E-state index in [0.717, 1.165) is 35.5 Å². The Labute approximate surface area is 160 Å². The molecule has 1 aromatic heterocycles. The molecule has 0 saturated carbocycles. The van der Waals surface area contributed by atoms with Crippen LogP contribution < -0.4 is 5.32 Å². The molecule has 0 unspecified atom stereocenters. The highest BCUT2D eigenvalue weighted by atomic mass is 35.5. The van der Waals surface area contributed by atoms with Gasteiger partial charge in [-0.1, -0.05) is 41.6 Å². The summed E-state index contributed by atoms with van der Waals surface area (Å²) in [6.45, 7) is 0. The molecule has 0 radical (unpaired) electrons. The van der Waals surface area contributed by atoms with Crippen molar-refractivity contribution < 1.29 is 22.4 Å². The molecular formula is C17H11ClF3N3O2S. The van der Waals surface area contributed by atoms with Gasteiger partial charge in [-0.3, -0.25) is 4.79 Å². The van der Waals surface area contributed by atoms with Gasteiger partial charge in [0.15, 0.2) is 0 Å². The van der Waals surface area contributed by atoms with Crippen LogP contribution in [0.4, 0.5) is 18.9 Å². The van der Waals surface area contributed by atoms with E-state index in [1.54, 1.807) is 12.1 Å². The molecule has 2 aromatic carbocycles. The number of anilines is 1. The van der Waals surface area contributed by atoms with Crippen LogP contribution >= 0.6 is 23.4 Å². The van der Waals surface area contributed by atoms with Crippen molar-refractivity contribution >= 4 is 35.0 Å². The lowest BCUT2D eigenvalue weighted by Crippen LogP contribution is -2.15. The first-order chi connectivity index (χ1) is 12.8. The van der Waals surface area contributed by atoms with Crippen molar-refractivity contribution in [2.45, 2.75) is 11.4 Å². The lowest BCUT2D eigenvalue weighted by Gasteiger charge is -2.11. The molecular weight excluding hydrogens is 403 g/mol. The van der Waals surface area contributed by atoms with Crippen molar-refractivity contribution in [3.8, 4) is 11.5 Å². The molecule has 1 N–H and O–H groups in total. The summed E-state index contributed by atoms with van der Waals surface area (Å²) in [5, 5.41) is 10.2. The first-order valence-electron chi connectivity index (χ1n) is 7.51. The van der Waals surface area contributed by atoms with Gasteiger partial charge in [-0.15, -0.1) is 10.2 Å². The molecule has 1 amide bonds. The summed E-state index contributed by atoms with van der Waals surface area (Å²) in [4.78, 5) is 12.0. The maximum Gasteiger partial charge on any atom is 0.416 e. The van der Waals surface area contributed by atoms with Crippen molar-refractivity contribution in [2.24, 2.45) is 0 Å². The van der Waals surface area contributed by atoms with Crippen molar-refractivity contribution in [1.29, 1.82) is 0 Å². The zero-order chi connectivity index (χ0) is 19.4. The van der Waals surface area contributed by atoms with Gasteiger partial charge in [0.25, 0.3) is 5.22 Å². The number of amides is 1. The van der Waals surface area contributed by atoms with Crippen LogP contribution in [-0.4, -0.2) is 21.9 Å². The largest absolute Gasteiger partial charge is 0.416 e. The van der Waals surface area contributed by atoms with Gasteiger partial charge in [0.2, 0.25) is 11.8 Å². The fraction of sp³-hybridized carbons (Fsp3) is 0.118. The number of nitrogens with zero attached hydrogens (tertiary/aromatic N) is 2. The molecule has 3 aromatic rings. The number of halogens is 4. The Morgan fingerprint density at radius 2 is 1.89 bits per heavy atom. The number of hydrogen-bond acceptors (Lipinski definition) is 5. The van der Waals surface area contributed by atoms with Crippen LogP contribution in [0.5, 0.6) is 0 Å². The van der Waals surface area contributed by atoms with Crippen LogP contribution in [0.25, 0.3) is 11.5 Å². The maximum atomic E-state index is 12.8. The standard InChI is InChI=1S/C17H11ClF3N3O2S/c18-12-7-6-11(17(19,20)21)8-13(12)22-14(25)9-27-16-24-23-15(26-16)10-4-2-1-3-5-10/h1-8H,9H2,(H,22,25). The van der Waals surface area contributed by atoms with Crippen LogP contribution in [0.1, 0.15) is 5.56 Å². The van der Waals surface area contributed by atoms with Crippen molar-refractivity contribution in [2.75, 3.05) is 11.1 Å². The molecule has 0 aliphatic rings. The predicted octanol–water partition coefficient (Wildman–Crippen LogP) is 5.14. The van der Waals surface area contributed by atoms with Crippen LogP contribution in [-0.2, 0) is 11.0 Å². The second-order valence-corrected chi connectivity index (χ2v) is 6.60. The summed E-state index contributed by atoms with van der Waals surface area (Å²) < 4.78 is 43.7. The minimum atomic E-state index is -4.53. The average Bonchev–Trinajstić information content (AvgIpc) is 3.11. The fourth-order valence-electron chi connectivity index (χ4n) is 2.08. The average molecular weight is 414 g/mol. The lowest BCUT2D eigenvalue weighted by molar-refractivity contribution is -0.137. The lowest BCUT2D eigenvalue weighted by atomic mass is 10.2. The minimum absolute atomic E-state index is 0.00510.